The zero-order valence-electron chi connectivity index (χ0n) is 14.2. The predicted octanol–water partition coefficient (Wildman–Crippen LogP) is 3.66. The maximum absolute atomic E-state index is 12.6. The number of rotatable bonds is 5. The van der Waals surface area contributed by atoms with E-state index in [1.54, 1.807) is 18.2 Å². The Morgan fingerprint density at radius 3 is 2.32 bits per heavy atom. The van der Waals surface area contributed by atoms with Crippen molar-refractivity contribution in [3.05, 3.63) is 71.5 Å². The summed E-state index contributed by atoms with van der Waals surface area (Å²) in [7, 11) is 0. The minimum absolute atomic E-state index is 0.160. The van der Waals surface area contributed by atoms with Crippen LogP contribution in [0.15, 0.2) is 59.0 Å². The Morgan fingerprint density at radius 2 is 1.72 bits per heavy atom. The van der Waals surface area contributed by atoms with Gasteiger partial charge in [-0.15, -0.1) is 0 Å². The first kappa shape index (κ1) is 16.8. The van der Waals surface area contributed by atoms with Gasteiger partial charge in [0.05, 0.1) is 6.04 Å². The van der Waals surface area contributed by atoms with Crippen LogP contribution in [-0.2, 0) is 0 Å². The van der Waals surface area contributed by atoms with Crippen LogP contribution >= 0.6 is 0 Å². The molecule has 1 aromatic heterocycles. The number of para-hydroxylation sites is 1. The van der Waals surface area contributed by atoms with Crippen molar-refractivity contribution in [1.29, 1.82) is 0 Å². The highest BCUT2D eigenvalue weighted by molar-refractivity contribution is 5.96. The molecule has 5 heteroatoms. The van der Waals surface area contributed by atoms with Crippen molar-refractivity contribution in [2.75, 3.05) is 0 Å². The Labute approximate surface area is 145 Å². The highest BCUT2D eigenvalue weighted by atomic mass is 16.3. The van der Waals surface area contributed by atoms with Crippen LogP contribution in [0.3, 0.4) is 0 Å². The van der Waals surface area contributed by atoms with Gasteiger partial charge in [0, 0.05) is 10.9 Å². The number of hydrogen-bond donors (Lipinski definition) is 2. The minimum Gasteiger partial charge on any atom is -0.451 e. The number of benzene rings is 2. The maximum atomic E-state index is 12.6. The van der Waals surface area contributed by atoms with Crippen molar-refractivity contribution >= 4 is 22.8 Å². The molecule has 0 saturated carbocycles. The molecule has 0 aliphatic carbocycles. The molecule has 1 atom stereocenters. The molecule has 3 N–H and O–H groups in total. The normalized spacial score (nSPS) is 12.3. The van der Waals surface area contributed by atoms with Gasteiger partial charge in [-0.1, -0.05) is 44.2 Å². The van der Waals surface area contributed by atoms with Crippen molar-refractivity contribution in [3.63, 3.8) is 0 Å². The van der Waals surface area contributed by atoms with Crippen LogP contribution in [0.2, 0.25) is 0 Å². The predicted molar refractivity (Wildman–Crippen MR) is 96.2 cm³/mol. The summed E-state index contributed by atoms with van der Waals surface area (Å²) in [6.45, 7) is 4.04. The molecule has 2 aromatic carbocycles. The summed E-state index contributed by atoms with van der Waals surface area (Å²) in [5, 5.41) is 3.90. The monoisotopic (exact) mass is 336 g/mol. The third-order valence-electron chi connectivity index (χ3n) is 4.16. The molecule has 2 amide bonds. The summed E-state index contributed by atoms with van der Waals surface area (Å²) < 4.78 is 5.62. The van der Waals surface area contributed by atoms with Gasteiger partial charge in [0.2, 0.25) is 5.91 Å². The molecule has 5 nitrogen and oxygen atoms in total. The Morgan fingerprint density at radius 1 is 1.04 bits per heavy atom. The van der Waals surface area contributed by atoms with Gasteiger partial charge in [0.15, 0.2) is 5.76 Å². The molecule has 0 fully saturated rings. The molecular formula is C20H20N2O3. The summed E-state index contributed by atoms with van der Waals surface area (Å²) in [6.07, 6.45) is 0. The van der Waals surface area contributed by atoms with Crippen molar-refractivity contribution in [2.45, 2.75) is 19.9 Å². The number of hydrogen-bond acceptors (Lipinski definition) is 3. The molecule has 128 valence electrons. The van der Waals surface area contributed by atoms with Crippen LogP contribution in [0.5, 0.6) is 0 Å². The number of primary amides is 1. The largest absolute Gasteiger partial charge is 0.451 e. The molecular weight excluding hydrogens is 316 g/mol. The fourth-order valence-corrected chi connectivity index (χ4v) is 2.80. The number of nitrogens with one attached hydrogen (secondary N) is 1. The van der Waals surface area contributed by atoms with Crippen molar-refractivity contribution < 1.29 is 14.0 Å². The summed E-state index contributed by atoms with van der Waals surface area (Å²) in [6, 6.07) is 16.0. The van der Waals surface area contributed by atoms with Crippen LogP contribution in [0.25, 0.3) is 11.0 Å². The summed E-state index contributed by atoms with van der Waals surface area (Å²) in [5.74, 6) is -0.304. The van der Waals surface area contributed by atoms with Crippen LogP contribution in [-0.4, -0.2) is 11.8 Å². The molecule has 0 aliphatic heterocycles. The first-order valence-electron chi connectivity index (χ1n) is 8.15. The van der Waals surface area contributed by atoms with Gasteiger partial charge in [-0.2, -0.15) is 0 Å². The van der Waals surface area contributed by atoms with Gasteiger partial charge < -0.3 is 15.5 Å². The lowest BCUT2D eigenvalue weighted by Gasteiger charge is -2.22. The molecule has 1 heterocycles. The van der Waals surface area contributed by atoms with E-state index in [-0.39, 0.29) is 23.6 Å². The number of amides is 2. The van der Waals surface area contributed by atoms with Crippen molar-refractivity contribution in [1.82, 2.24) is 5.32 Å². The van der Waals surface area contributed by atoms with Gasteiger partial charge in [-0.3, -0.25) is 9.59 Å². The lowest BCUT2D eigenvalue weighted by molar-refractivity contribution is 0.0898. The minimum atomic E-state index is -0.473. The second kappa shape index (κ2) is 6.81. The molecule has 3 rings (SSSR count). The van der Waals surface area contributed by atoms with E-state index in [0.29, 0.717) is 11.1 Å². The van der Waals surface area contributed by atoms with Crippen LogP contribution in [0.1, 0.15) is 46.4 Å². The molecule has 0 saturated heterocycles. The van der Waals surface area contributed by atoms with E-state index in [9.17, 15) is 9.59 Å². The highest BCUT2D eigenvalue weighted by Crippen LogP contribution is 2.24. The quantitative estimate of drug-likeness (QED) is 0.745. The van der Waals surface area contributed by atoms with E-state index in [4.69, 9.17) is 10.2 Å². The first-order chi connectivity index (χ1) is 12.0. The maximum Gasteiger partial charge on any atom is 0.287 e. The Hall–Kier alpha value is -3.08. The van der Waals surface area contributed by atoms with Gasteiger partial charge in [0.25, 0.3) is 5.91 Å². The average molecular weight is 336 g/mol. The molecule has 3 aromatic rings. The van der Waals surface area contributed by atoms with E-state index in [1.165, 1.54) is 0 Å². The second-order valence-corrected chi connectivity index (χ2v) is 6.33. The van der Waals surface area contributed by atoms with E-state index in [2.05, 4.69) is 5.32 Å². The van der Waals surface area contributed by atoms with E-state index < -0.39 is 5.91 Å². The third-order valence-corrected chi connectivity index (χ3v) is 4.16. The number of carbonyl (C=O) groups excluding carboxylic acids is 2. The Balaban J connectivity index is 1.83. The summed E-state index contributed by atoms with van der Waals surface area (Å²) >= 11 is 0. The summed E-state index contributed by atoms with van der Waals surface area (Å²) in [5.41, 5.74) is 7.30. The SMILES string of the molecule is CC(C)C(NC(=O)c1cc2ccccc2o1)c1ccc(C(N)=O)cc1. The molecule has 0 aliphatic rings. The summed E-state index contributed by atoms with van der Waals surface area (Å²) in [4.78, 5) is 23.8. The van der Waals surface area contributed by atoms with Gasteiger partial charge in [-0.05, 0) is 35.7 Å². The Kier molecular flexibility index (Phi) is 4.57. The Bertz CT molecular complexity index is 877. The van der Waals surface area contributed by atoms with Crippen molar-refractivity contribution in [3.8, 4) is 0 Å². The zero-order valence-corrected chi connectivity index (χ0v) is 14.2. The number of fused-ring (bicyclic) bond motifs is 1. The molecule has 25 heavy (non-hydrogen) atoms. The fourth-order valence-electron chi connectivity index (χ4n) is 2.80. The highest BCUT2D eigenvalue weighted by Gasteiger charge is 2.21. The van der Waals surface area contributed by atoms with Crippen molar-refractivity contribution in [2.24, 2.45) is 11.7 Å². The molecule has 1 unspecified atom stereocenters. The standard InChI is InChI=1S/C20H20N2O3/c1-12(2)18(13-7-9-14(10-8-13)19(21)23)22-20(24)17-11-15-5-3-4-6-16(15)25-17/h3-12,18H,1-2H3,(H2,21,23)(H,22,24). The zero-order chi connectivity index (χ0) is 18.0. The van der Waals surface area contributed by atoms with Gasteiger partial charge in [0.1, 0.15) is 5.58 Å². The number of nitrogens with two attached hydrogens (primary N) is 1. The average Bonchev–Trinajstić information content (AvgIpc) is 3.03. The van der Waals surface area contributed by atoms with Gasteiger partial charge in [-0.25, -0.2) is 0 Å². The van der Waals surface area contributed by atoms with Crippen LogP contribution < -0.4 is 11.1 Å². The molecule has 0 radical (unpaired) electrons. The van der Waals surface area contributed by atoms with E-state index >= 15 is 0 Å². The smallest absolute Gasteiger partial charge is 0.287 e. The number of carbonyl (C=O) groups is 2. The third kappa shape index (κ3) is 3.55. The van der Waals surface area contributed by atoms with E-state index in [1.807, 2.05) is 50.2 Å². The van der Waals surface area contributed by atoms with Gasteiger partial charge >= 0.3 is 0 Å². The lowest BCUT2D eigenvalue weighted by Crippen LogP contribution is -2.31. The topological polar surface area (TPSA) is 85.3 Å². The lowest BCUT2D eigenvalue weighted by atomic mass is 9.95. The molecule has 0 bridgehead atoms. The van der Waals surface area contributed by atoms with Crippen LogP contribution in [0, 0.1) is 5.92 Å². The first-order valence-corrected chi connectivity index (χ1v) is 8.15. The fraction of sp³-hybridized carbons (Fsp3) is 0.200. The second-order valence-electron chi connectivity index (χ2n) is 6.33. The molecule has 0 spiro atoms. The number of furan rings is 1. The van der Waals surface area contributed by atoms with E-state index in [0.717, 1.165) is 10.9 Å². The van der Waals surface area contributed by atoms with Crippen LogP contribution in [0.4, 0.5) is 0 Å².